The largest absolute Gasteiger partial charge is 0.452 e. The highest BCUT2D eigenvalue weighted by molar-refractivity contribution is 5.91. The van der Waals surface area contributed by atoms with Gasteiger partial charge in [0.05, 0.1) is 10.5 Å². The summed E-state index contributed by atoms with van der Waals surface area (Å²) >= 11 is 0. The Labute approximate surface area is 145 Å². The molecule has 0 aromatic heterocycles. The Morgan fingerprint density at radius 3 is 2.28 bits per heavy atom. The lowest BCUT2D eigenvalue weighted by atomic mass is 10.2. The summed E-state index contributed by atoms with van der Waals surface area (Å²) < 4.78 is 5.01. The maximum absolute atomic E-state index is 12.2. The number of amides is 1. The Bertz CT molecular complexity index is 744. The van der Waals surface area contributed by atoms with Crippen molar-refractivity contribution in [1.82, 2.24) is 4.90 Å². The second-order valence-electron chi connectivity index (χ2n) is 5.27. The average molecular weight is 342 g/mol. The lowest BCUT2D eigenvalue weighted by Gasteiger charge is -2.20. The minimum absolute atomic E-state index is 0.118. The van der Waals surface area contributed by atoms with Gasteiger partial charge in [0.1, 0.15) is 0 Å². The molecule has 0 aliphatic carbocycles. The first kappa shape index (κ1) is 18.1. The van der Waals surface area contributed by atoms with Gasteiger partial charge in [-0.1, -0.05) is 30.3 Å². The molecule has 0 radical (unpaired) electrons. The lowest BCUT2D eigenvalue weighted by Crippen LogP contribution is -2.34. The van der Waals surface area contributed by atoms with Crippen LogP contribution in [0.25, 0.3) is 0 Å². The number of non-ortho nitro benzene ring substituents is 1. The van der Waals surface area contributed by atoms with Crippen LogP contribution in [-0.2, 0) is 16.1 Å². The molecule has 0 heterocycles. The van der Waals surface area contributed by atoms with Crippen LogP contribution < -0.4 is 0 Å². The molecule has 1 amide bonds. The summed E-state index contributed by atoms with van der Waals surface area (Å²) in [5.41, 5.74) is 1.02. The van der Waals surface area contributed by atoms with E-state index in [1.807, 2.05) is 37.3 Å². The van der Waals surface area contributed by atoms with E-state index >= 15 is 0 Å². The first-order valence-electron chi connectivity index (χ1n) is 7.74. The fourth-order valence-corrected chi connectivity index (χ4v) is 2.20. The molecule has 0 unspecified atom stereocenters. The molecule has 0 spiro atoms. The lowest BCUT2D eigenvalue weighted by molar-refractivity contribution is -0.384. The van der Waals surface area contributed by atoms with Crippen LogP contribution >= 0.6 is 0 Å². The quantitative estimate of drug-likeness (QED) is 0.438. The second kappa shape index (κ2) is 8.58. The van der Waals surface area contributed by atoms with E-state index in [0.717, 1.165) is 5.56 Å². The molecule has 2 rings (SSSR count). The van der Waals surface area contributed by atoms with Gasteiger partial charge < -0.3 is 9.64 Å². The molecule has 0 atom stereocenters. The normalized spacial score (nSPS) is 10.1. The van der Waals surface area contributed by atoms with E-state index in [1.54, 1.807) is 4.90 Å². The van der Waals surface area contributed by atoms with Crippen molar-refractivity contribution in [3.63, 3.8) is 0 Å². The van der Waals surface area contributed by atoms with E-state index in [4.69, 9.17) is 4.74 Å². The van der Waals surface area contributed by atoms with Crippen molar-refractivity contribution in [2.24, 2.45) is 0 Å². The molecule has 0 fully saturated rings. The number of nitro benzene ring substituents is 1. The van der Waals surface area contributed by atoms with Crippen LogP contribution in [0.3, 0.4) is 0 Å². The molecule has 0 bridgehead atoms. The number of ether oxygens (including phenoxy) is 1. The Morgan fingerprint density at radius 2 is 1.72 bits per heavy atom. The number of esters is 1. The van der Waals surface area contributed by atoms with E-state index in [-0.39, 0.29) is 23.8 Å². The molecule has 0 saturated heterocycles. The maximum atomic E-state index is 12.2. The number of benzene rings is 2. The summed E-state index contributed by atoms with van der Waals surface area (Å²) in [5.74, 6) is -0.999. The summed E-state index contributed by atoms with van der Waals surface area (Å²) in [6.45, 7) is 2.39. The zero-order valence-corrected chi connectivity index (χ0v) is 13.8. The van der Waals surface area contributed by atoms with E-state index in [1.165, 1.54) is 24.3 Å². The summed E-state index contributed by atoms with van der Waals surface area (Å²) in [7, 11) is 0. The van der Waals surface area contributed by atoms with Gasteiger partial charge in [-0.15, -0.1) is 0 Å². The number of rotatable bonds is 7. The smallest absolute Gasteiger partial charge is 0.338 e. The molecule has 0 N–H and O–H groups in total. The summed E-state index contributed by atoms with van der Waals surface area (Å²) in [5, 5.41) is 10.6. The molecular formula is C18H18N2O5. The zero-order chi connectivity index (χ0) is 18.2. The second-order valence-corrected chi connectivity index (χ2v) is 5.27. The minimum Gasteiger partial charge on any atom is -0.452 e. The molecule has 0 saturated carbocycles. The Balaban J connectivity index is 1.91. The highest BCUT2D eigenvalue weighted by atomic mass is 16.6. The maximum Gasteiger partial charge on any atom is 0.338 e. The van der Waals surface area contributed by atoms with Gasteiger partial charge in [0, 0.05) is 25.2 Å². The van der Waals surface area contributed by atoms with Crippen molar-refractivity contribution in [2.45, 2.75) is 13.5 Å². The standard InChI is InChI=1S/C18H18N2O5/c1-2-19(12-14-6-4-3-5-7-14)17(21)13-25-18(22)15-8-10-16(11-9-15)20(23)24/h3-11H,2,12-13H2,1H3. The molecule has 25 heavy (non-hydrogen) atoms. The van der Waals surface area contributed by atoms with E-state index in [0.29, 0.717) is 13.1 Å². The van der Waals surface area contributed by atoms with Crippen LogP contribution in [0.2, 0.25) is 0 Å². The Kier molecular flexibility index (Phi) is 6.22. The molecule has 130 valence electrons. The monoisotopic (exact) mass is 342 g/mol. The average Bonchev–Trinajstić information content (AvgIpc) is 2.64. The Hall–Kier alpha value is -3.22. The summed E-state index contributed by atoms with van der Waals surface area (Å²) in [6, 6.07) is 14.5. The topological polar surface area (TPSA) is 89.8 Å². The van der Waals surface area contributed by atoms with E-state index < -0.39 is 10.9 Å². The van der Waals surface area contributed by atoms with Crippen LogP contribution in [0.4, 0.5) is 5.69 Å². The number of carbonyl (C=O) groups is 2. The highest BCUT2D eigenvalue weighted by Crippen LogP contribution is 2.13. The van der Waals surface area contributed by atoms with Crippen molar-refractivity contribution in [2.75, 3.05) is 13.2 Å². The predicted molar refractivity (Wildman–Crippen MR) is 90.9 cm³/mol. The predicted octanol–water partition coefficient (Wildman–Crippen LogP) is 2.80. The van der Waals surface area contributed by atoms with Crippen molar-refractivity contribution >= 4 is 17.6 Å². The van der Waals surface area contributed by atoms with Crippen molar-refractivity contribution in [1.29, 1.82) is 0 Å². The van der Waals surface area contributed by atoms with Gasteiger partial charge in [-0.2, -0.15) is 0 Å². The fourth-order valence-electron chi connectivity index (χ4n) is 2.20. The molecule has 2 aromatic carbocycles. The SMILES string of the molecule is CCN(Cc1ccccc1)C(=O)COC(=O)c1ccc([N+](=O)[O-])cc1. The summed E-state index contributed by atoms with van der Waals surface area (Å²) in [4.78, 5) is 35.8. The van der Waals surface area contributed by atoms with Crippen LogP contribution in [0.5, 0.6) is 0 Å². The molecule has 2 aromatic rings. The number of likely N-dealkylation sites (N-methyl/N-ethyl adjacent to an activating group) is 1. The van der Waals surface area contributed by atoms with Gasteiger partial charge >= 0.3 is 5.97 Å². The first-order chi connectivity index (χ1) is 12.0. The van der Waals surface area contributed by atoms with Gasteiger partial charge in [-0.25, -0.2) is 4.79 Å². The fraction of sp³-hybridized carbons (Fsp3) is 0.222. The van der Waals surface area contributed by atoms with Crippen molar-refractivity contribution in [3.8, 4) is 0 Å². The molecular weight excluding hydrogens is 324 g/mol. The minimum atomic E-state index is -0.695. The third-order valence-electron chi connectivity index (χ3n) is 3.59. The van der Waals surface area contributed by atoms with Crippen molar-refractivity contribution < 1.29 is 19.2 Å². The highest BCUT2D eigenvalue weighted by Gasteiger charge is 2.16. The van der Waals surface area contributed by atoms with Gasteiger partial charge in [0.25, 0.3) is 11.6 Å². The number of carbonyl (C=O) groups excluding carboxylic acids is 2. The van der Waals surface area contributed by atoms with Crippen LogP contribution in [0.15, 0.2) is 54.6 Å². The van der Waals surface area contributed by atoms with E-state index in [9.17, 15) is 19.7 Å². The van der Waals surface area contributed by atoms with E-state index in [2.05, 4.69) is 0 Å². The summed E-state index contributed by atoms with van der Waals surface area (Å²) in [6.07, 6.45) is 0. The Morgan fingerprint density at radius 1 is 1.08 bits per heavy atom. The third kappa shape index (κ3) is 5.13. The zero-order valence-electron chi connectivity index (χ0n) is 13.8. The number of hydrogen-bond donors (Lipinski definition) is 0. The molecule has 7 heteroatoms. The van der Waals surface area contributed by atoms with Crippen molar-refractivity contribution in [3.05, 3.63) is 75.8 Å². The first-order valence-corrected chi connectivity index (χ1v) is 7.74. The molecule has 0 aliphatic rings. The number of hydrogen-bond acceptors (Lipinski definition) is 5. The van der Waals surface area contributed by atoms with Gasteiger partial charge in [0.15, 0.2) is 6.61 Å². The molecule has 0 aliphatic heterocycles. The third-order valence-corrected chi connectivity index (χ3v) is 3.59. The van der Waals surface area contributed by atoms with Gasteiger partial charge in [0.2, 0.25) is 0 Å². The van der Waals surface area contributed by atoms with Crippen LogP contribution in [0.1, 0.15) is 22.8 Å². The number of nitrogens with zero attached hydrogens (tertiary/aromatic N) is 2. The van der Waals surface area contributed by atoms with Crippen LogP contribution in [-0.4, -0.2) is 34.9 Å². The number of nitro groups is 1. The van der Waals surface area contributed by atoms with Gasteiger partial charge in [-0.05, 0) is 24.6 Å². The van der Waals surface area contributed by atoms with Crippen LogP contribution in [0, 0.1) is 10.1 Å². The van der Waals surface area contributed by atoms with Gasteiger partial charge in [-0.3, -0.25) is 14.9 Å². The molecule has 7 nitrogen and oxygen atoms in total.